The van der Waals surface area contributed by atoms with E-state index in [1.54, 1.807) is 14.0 Å². The number of amides is 1. The van der Waals surface area contributed by atoms with E-state index in [1.807, 2.05) is 13.8 Å². The van der Waals surface area contributed by atoms with E-state index >= 15 is 0 Å². The number of hydrogen-bond donors (Lipinski definition) is 2. The maximum atomic E-state index is 11.1. The van der Waals surface area contributed by atoms with Crippen LogP contribution in [0.1, 0.15) is 35.7 Å². The molecule has 0 aliphatic rings. The van der Waals surface area contributed by atoms with Gasteiger partial charge in [-0.05, 0) is 20.8 Å². The lowest BCUT2D eigenvalue weighted by Gasteiger charge is -2.22. The van der Waals surface area contributed by atoms with Gasteiger partial charge in [-0.1, -0.05) is 0 Å². The zero-order chi connectivity index (χ0) is 12.5. The average Bonchev–Trinajstić information content (AvgIpc) is 2.15. The molecule has 1 heterocycles. The molecule has 0 fully saturated rings. The molecule has 0 atom stereocenters. The Hall–Kier alpha value is -1.69. The quantitative estimate of drug-likeness (QED) is 0.770. The molecule has 0 aliphatic heterocycles. The zero-order valence-electron chi connectivity index (χ0n) is 9.87. The van der Waals surface area contributed by atoms with Crippen molar-refractivity contribution in [3.8, 4) is 0 Å². The Morgan fingerprint density at radius 2 is 1.94 bits per heavy atom. The van der Waals surface area contributed by atoms with Gasteiger partial charge >= 0.3 is 0 Å². The van der Waals surface area contributed by atoms with E-state index in [0.717, 1.165) is 0 Å². The molecule has 1 rings (SSSR count). The fourth-order valence-corrected chi connectivity index (χ4v) is 1.26. The molecule has 0 spiro atoms. The highest BCUT2D eigenvalue weighted by Gasteiger charge is 2.26. The van der Waals surface area contributed by atoms with Crippen LogP contribution in [-0.4, -0.2) is 23.0 Å². The van der Waals surface area contributed by atoms with Gasteiger partial charge in [0.25, 0.3) is 5.91 Å². The second-order valence-electron chi connectivity index (χ2n) is 3.97. The van der Waals surface area contributed by atoms with Gasteiger partial charge in [-0.15, -0.1) is 0 Å². The molecule has 0 unspecified atom stereocenters. The Morgan fingerprint density at radius 3 is 2.31 bits per heavy atom. The van der Waals surface area contributed by atoms with Gasteiger partial charge < -0.3 is 16.2 Å². The first kappa shape index (κ1) is 12.4. The summed E-state index contributed by atoms with van der Waals surface area (Å²) in [6, 6.07) is 0. The Bertz CT molecular complexity index is 406. The third-order valence-electron chi connectivity index (χ3n) is 2.41. The monoisotopic (exact) mass is 224 g/mol. The highest BCUT2D eigenvalue weighted by Crippen LogP contribution is 2.23. The van der Waals surface area contributed by atoms with Crippen LogP contribution >= 0.6 is 0 Å². The van der Waals surface area contributed by atoms with Gasteiger partial charge in [0.05, 0.1) is 5.69 Å². The molecule has 16 heavy (non-hydrogen) atoms. The van der Waals surface area contributed by atoms with Crippen molar-refractivity contribution in [2.24, 2.45) is 5.73 Å². The lowest BCUT2D eigenvalue weighted by atomic mass is 10.1. The molecular weight excluding hydrogens is 208 g/mol. The summed E-state index contributed by atoms with van der Waals surface area (Å²) in [4.78, 5) is 19.3. The van der Waals surface area contributed by atoms with E-state index in [0.29, 0.717) is 11.5 Å². The summed E-state index contributed by atoms with van der Waals surface area (Å²) in [5, 5.41) is 0. The normalized spacial score (nSPS) is 11.5. The van der Waals surface area contributed by atoms with Crippen LogP contribution in [0.25, 0.3) is 0 Å². The lowest BCUT2D eigenvalue weighted by Crippen LogP contribution is -2.26. The lowest BCUT2D eigenvalue weighted by molar-refractivity contribution is 0.0114. The van der Waals surface area contributed by atoms with Crippen molar-refractivity contribution >= 4 is 11.7 Å². The van der Waals surface area contributed by atoms with Crippen molar-refractivity contribution in [3.63, 3.8) is 0 Å². The predicted octanol–water partition coefficient (Wildman–Crippen LogP) is 0.348. The number of carbonyl (C=O) groups excluding carboxylic acids is 1. The molecule has 88 valence electrons. The van der Waals surface area contributed by atoms with Crippen molar-refractivity contribution in [1.82, 2.24) is 9.97 Å². The average molecular weight is 224 g/mol. The SMILES string of the molecule is COC(C)(C)c1nc(C)c(C(N)=O)c(N)n1. The van der Waals surface area contributed by atoms with Crippen molar-refractivity contribution in [2.75, 3.05) is 12.8 Å². The van der Waals surface area contributed by atoms with Gasteiger partial charge in [0, 0.05) is 7.11 Å². The van der Waals surface area contributed by atoms with Crippen molar-refractivity contribution in [2.45, 2.75) is 26.4 Å². The Morgan fingerprint density at radius 1 is 1.38 bits per heavy atom. The molecule has 0 saturated heterocycles. The third-order valence-corrected chi connectivity index (χ3v) is 2.41. The Kier molecular flexibility index (Phi) is 3.14. The molecule has 0 radical (unpaired) electrons. The third kappa shape index (κ3) is 2.11. The number of ether oxygens (including phenoxy) is 1. The minimum absolute atomic E-state index is 0.0834. The highest BCUT2D eigenvalue weighted by atomic mass is 16.5. The molecule has 0 aliphatic carbocycles. The van der Waals surface area contributed by atoms with E-state index in [4.69, 9.17) is 16.2 Å². The number of nitrogen functional groups attached to an aromatic ring is 1. The predicted molar refractivity (Wildman–Crippen MR) is 59.7 cm³/mol. The number of nitrogens with two attached hydrogens (primary N) is 2. The largest absolute Gasteiger partial charge is 0.383 e. The molecular formula is C10H16N4O2. The summed E-state index contributed by atoms with van der Waals surface area (Å²) in [5.41, 5.74) is 10.8. The first-order chi connectivity index (χ1) is 7.29. The molecule has 6 heteroatoms. The summed E-state index contributed by atoms with van der Waals surface area (Å²) < 4.78 is 5.24. The summed E-state index contributed by atoms with van der Waals surface area (Å²) >= 11 is 0. The first-order valence-electron chi connectivity index (χ1n) is 4.79. The van der Waals surface area contributed by atoms with Crippen LogP contribution in [0.5, 0.6) is 0 Å². The number of nitrogens with zero attached hydrogens (tertiary/aromatic N) is 2. The van der Waals surface area contributed by atoms with E-state index in [-0.39, 0.29) is 11.4 Å². The standard InChI is InChI=1S/C10H16N4O2/c1-5-6(8(12)15)7(11)14-9(13-5)10(2,3)16-4/h1-4H3,(H2,12,15)(H2,11,13,14). The fourth-order valence-electron chi connectivity index (χ4n) is 1.26. The molecule has 6 nitrogen and oxygen atoms in total. The number of carbonyl (C=O) groups is 1. The first-order valence-corrected chi connectivity index (χ1v) is 4.79. The van der Waals surface area contributed by atoms with Gasteiger partial charge in [0.15, 0.2) is 5.82 Å². The molecule has 4 N–H and O–H groups in total. The smallest absolute Gasteiger partial charge is 0.254 e. The zero-order valence-corrected chi connectivity index (χ0v) is 9.87. The number of methoxy groups -OCH3 is 1. The maximum Gasteiger partial charge on any atom is 0.254 e. The number of aromatic nitrogens is 2. The molecule has 0 aromatic carbocycles. The van der Waals surface area contributed by atoms with Gasteiger partial charge in [-0.25, -0.2) is 9.97 Å². The van der Waals surface area contributed by atoms with Crippen LogP contribution < -0.4 is 11.5 Å². The van der Waals surface area contributed by atoms with Crippen LogP contribution in [0, 0.1) is 6.92 Å². The second kappa shape index (κ2) is 4.05. The summed E-state index contributed by atoms with van der Waals surface area (Å²) in [6.07, 6.45) is 0. The van der Waals surface area contributed by atoms with Gasteiger partial charge in [-0.3, -0.25) is 4.79 Å². The van der Waals surface area contributed by atoms with E-state index in [9.17, 15) is 4.79 Å². The van der Waals surface area contributed by atoms with Crippen LogP contribution in [0.15, 0.2) is 0 Å². The van der Waals surface area contributed by atoms with Gasteiger partial charge in [0.1, 0.15) is 17.0 Å². The molecule has 1 aromatic rings. The molecule has 0 bridgehead atoms. The Balaban J connectivity index is 3.36. The summed E-state index contributed by atoms with van der Waals surface area (Å²) in [6.45, 7) is 5.28. The topological polar surface area (TPSA) is 104 Å². The van der Waals surface area contributed by atoms with Gasteiger partial charge in [0.2, 0.25) is 0 Å². The number of aryl methyl sites for hydroxylation is 1. The number of anilines is 1. The molecule has 0 saturated carbocycles. The highest BCUT2D eigenvalue weighted by molar-refractivity contribution is 5.98. The van der Waals surface area contributed by atoms with E-state index in [2.05, 4.69) is 9.97 Å². The van der Waals surface area contributed by atoms with Gasteiger partial charge in [-0.2, -0.15) is 0 Å². The minimum atomic E-state index is -0.658. The maximum absolute atomic E-state index is 11.1. The second-order valence-corrected chi connectivity index (χ2v) is 3.97. The number of rotatable bonds is 3. The number of hydrogen-bond acceptors (Lipinski definition) is 5. The number of primary amides is 1. The molecule has 1 aromatic heterocycles. The van der Waals surface area contributed by atoms with Crippen LogP contribution in [0.2, 0.25) is 0 Å². The fraction of sp³-hybridized carbons (Fsp3) is 0.500. The van der Waals surface area contributed by atoms with Crippen LogP contribution in [-0.2, 0) is 10.3 Å². The molecule has 1 amide bonds. The van der Waals surface area contributed by atoms with Crippen LogP contribution in [0.3, 0.4) is 0 Å². The Labute approximate surface area is 94.0 Å². The summed E-state index contributed by atoms with van der Waals surface area (Å²) in [5.74, 6) is -0.119. The van der Waals surface area contributed by atoms with Crippen molar-refractivity contribution in [1.29, 1.82) is 0 Å². The van der Waals surface area contributed by atoms with E-state index < -0.39 is 11.5 Å². The van der Waals surface area contributed by atoms with Crippen molar-refractivity contribution in [3.05, 3.63) is 17.1 Å². The van der Waals surface area contributed by atoms with Crippen molar-refractivity contribution < 1.29 is 9.53 Å². The van der Waals surface area contributed by atoms with Crippen LogP contribution in [0.4, 0.5) is 5.82 Å². The summed E-state index contributed by atoms with van der Waals surface area (Å²) in [7, 11) is 1.55. The minimum Gasteiger partial charge on any atom is -0.383 e. The van der Waals surface area contributed by atoms with E-state index in [1.165, 1.54) is 0 Å².